The van der Waals surface area contributed by atoms with Crippen molar-refractivity contribution in [2.75, 3.05) is 5.32 Å². The van der Waals surface area contributed by atoms with Crippen LogP contribution >= 0.6 is 0 Å². The molecule has 0 bridgehead atoms. The Hall–Kier alpha value is -3.22. The number of alkyl halides is 2. The van der Waals surface area contributed by atoms with Crippen LogP contribution in [-0.4, -0.2) is 22.3 Å². The van der Waals surface area contributed by atoms with Gasteiger partial charge in [0.1, 0.15) is 5.75 Å². The topological polar surface area (TPSA) is 56.2 Å². The van der Waals surface area contributed by atoms with E-state index in [1.807, 2.05) is 25.1 Å². The van der Waals surface area contributed by atoms with Crippen LogP contribution in [0.1, 0.15) is 21.5 Å². The van der Waals surface area contributed by atoms with Gasteiger partial charge in [0.2, 0.25) is 0 Å². The van der Waals surface area contributed by atoms with Gasteiger partial charge in [-0.1, -0.05) is 35.9 Å². The first-order valence-corrected chi connectivity index (χ1v) is 7.95. The van der Waals surface area contributed by atoms with Crippen LogP contribution in [0.25, 0.3) is 0 Å². The highest BCUT2D eigenvalue weighted by Gasteiger charge is 2.11. The van der Waals surface area contributed by atoms with Gasteiger partial charge in [-0.25, -0.2) is 0 Å². The van der Waals surface area contributed by atoms with Crippen molar-refractivity contribution in [2.45, 2.75) is 20.1 Å². The van der Waals surface area contributed by atoms with Crippen molar-refractivity contribution in [2.24, 2.45) is 0 Å². The van der Waals surface area contributed by atoms with E-state index >= 15 is 0 Å². The Balaban J connectivity index is 1.66. The lowest BCUT2D eigenvalue weighted by molar-refractivity contribution is -0.0498. The number of nitrogens with zero attached hydrogens (tertiary/aromatic N) is 2. The number of rotatable bonds is 6. The third-order valence-corrected chi connectivity index (χ3v) is 3.63. The minimum Gasteiger partial charge on any atom is -0.435 e. The molecule has 0 aliphatic rings. The maximum Gasteiger partial charge on any atom is 0.387 e. The molecule has 0 saturated heterocycles. The summed E-state index contributed by atoms with van der Waals surface area (Å²) in [5.74, 6) is -0.147. The van der Waals surface area contributed by atoms with E-state index in [9.17, 15) is 13.6 Å². The van der Waals surface area contributed by atoms with Crippen LogP contribution in [0.2, 0.25) is 0 Å². The molecular formula is C19H17F2N3O2. The number of halogens is 2. The number of hydrogen-bond donors (Lipinski definition) is 1. The normalized spacial score (nSPS) is 10.8. The van der Waals surface area contributed by atoms with Gasteiger partial charge in [-0.2, -0.15) is 13.9 Å². The van der Waals surface area contributed by atoms with Crippen LogP contribution in [0.4, 0.5) is 14.6 Å². The van der Waals surface area contributed by atoms with Crippen LogP contribution in [0.15, 0.2) is 60.8 Å². The largest absolute Gasteiger partial charge is 0.435 e. The van der Waals surface area contributed by atoms with Gasteiger partial charge >= 0.3 is 6.61 Å². The van der Waals surface area contributed by atoms with Gasteiger partial charge < -0.3 is 10.1 Å². The maximum absolute atomic E-state index is 12.3. The van der Waals surface area contributed by atoms with Crippen LogP contribution in [0.3, 0.4) is 0 Å². The van der Waals surface area contributed by atoms with Crippen molar-refractivity contribution in [1.82, 2.24) is 9.78 Å². The average molecular weight is 357 g/mol. The van der Waals surface area contributed by atoms with Gasteiger partial charge in [-0.05, 0) is 30.7 Å². The molecule has 1 heterocycles. The molecule has 0 saturated carbocycles. The highest BCUT2D eigenvalue weighted by Crippen LogP contribution is 2.17. The lowest BCUT2D eigenvalue weighted by atomic mass is 10.1. The molecule has 26 heavy (non-hydrogen) atoms. The fraction of sp³-hybridized carbons (Fsp3) is 0.158. The van der Waals surface area contributed by atoms with Crippen molar-refractivity contribution in [3.8, 4) is 5.75 Å². The second-order valence-electron chi connectivity index (χ2n) is 5.75. The van der Waals surface area contributed by atoms with Gasteiger partial charge in [-0.3, -0.25) is 9.48 Å². The number of nitrogens with one attached hydrogen (secondary N) is 1. The monoisotopic (exact) mass is 357 g/mol. The number of hydrogen-bond acceptors (Lipinski definition) is 3. The van der Waals surface area contributed by atoms with E-state index in [4.69, 9.17) is 0 Å². The summed E-state index contributed by atoms with van der Waals surface area (Å²) in [5, 5.41) is 6.95. The molecular weight excluding hydrogens is 340 g/mol. The molecule has 1 amide bonds. The number of ether oxygens (including phenoxy) is 1. The number of amides is 1. The molecule has 0 atom stereocenters. The SMILES string of the molecule is Cc1cccc(Cn2ccc(NC(=O)c3cccc(OC(F)F)c3)n2)c1. The van der Waals surface area contributed by atoms with Crippen molar-refractivity contribution in [1.29, 1.82) is 0 Å². The maximum atomic E-state index is 12.3. The van der Waals surface area contributed by atoms with Gasteiger partial charge in [0.25, 0.3) is 5.91 Å². The predicted octanol–water partition coefficient (Wildman–Crippen LogP) is 4.09. The molecule has 3 aromatic rings. The van der Waals surface area contributed by atoms with Crippen molar-refractivity contribution in [3.63, 3.8) is 0 Å². The minimum atomic E-state index is -2.94. The Kier molecular flexibility index (Phi) is 5.26. The van der Waals surface area contributed by atoms with Gasteiger partial charge in [0.15, 0.2) is 5.82 Å². The van der Waals surface area contributed by atoms with E-state index in [0.29, 0.717) is 12.4 Å². The molecule has 0 radical (unpaired) electrons. The highest BCUT2D eigenvalue weighted by molar-refractivity contribution is 6.03. The fourth-order valence-corrected chi connectivity index (χ4v) is 2.52. The van der Waals surface area contributed by atoms with Gasteiger partial charge in [-0.15, -0.1) is 0 Å². The van der Waals surface area contributed by atoms with E-state index in [-0.39, 0.29) is 11.3 Å². The Labute approximate surface area is 149 Å². The molecule has 5 nitrogen and oxygen atoms in total. The van der Waals surface area contributed by atoms with E-state index in [0.717, 1.165) is 11.1 Å². The predicted molar refractivity (Wildman–Crippen MR) is 93.5 cm³/mol. The number of anilines is 1. The molecule has 3 rings (SSSR count). The zero-order valence-electron chi connectivity index (χ0n) is 14.0. The quantitative estimate of drug-likeness (QED) is 0.723. The molecule has 134 valence electrons. The summed E-state index contributed by atoms with van der Waals surface area (Å²) in [6.07, 6.45) is 1.76. The molecule has 2 aromatic carbocycles. The van der Waals surface area contributed by atoms with Crippen LogP contribution in [0.5, 0.6) is 5.75 Å². The van der Waals surface area contributed by atoms with Crippen LogP contribution in [-0.2, 0) is 6.54 Å². The van der Waals surface area contributed by atoms with Crippen LogP contribution in [0, 0.1) is 6.92 Å². The van der Waals surface area contributed by atoms with E-state index < -0.39 is 12.5 Å². The molecule has 0 aliphatic heterocycles. The molecule has 1 aromatic heterocycles. The molecule has 1 N–H and O–H groups in total. The number of aryl methyl sites for hydroxylation is 1. The Morgan fingerprint density at radius 2 is 2.00 bits per heavy atom. The second-order valence-corrected chi connectivity index (χ2v) is 5.75. The summed E-state index contributed by atoms with van der Waals surface area (Å²) in [5.41, 5.74) is 2.47. The lowest BCUT2D eigenvalue weighted by Crippen LogP contribution is -2.13. The van der Waals surface area contributed by atoms with Crippen molar-refractivity contribution < 1.29 is 18.3 Å². The molecule has 0 spiro atoms. The number of aromatic nitrogens is 2. The Morgan fingerprint density at radius 3 is 2.77 bits per heavy atom. The van der Waals surface area contributed by atoms with Gasteiger partial charge in [0.05, 0.1) is 6.54 Å². The first-order valence-electron chi connectivity index (χ1n) is 7.95. The second kappa shape index (κ2) is 7.77. The first-order chi connectivity index (χ1) is 12.5. The molecule has 0 fully saturated rings. The van der Waals surface area contributed by atoms with E-state index in [2.05, 4.69) is 21.2 Å². The average Bonchev–Trinajstić information content (AvgIpc) is 3.01. The number of benzene rings is 2. The fourth-order valence-electron chi connectivity index (χ4n) is 2.52. The third-order valence-electron chi connectivity index (χ3n) is 3.63. The number of carbonyl (C=O) groups is 1. The Morgan fingerprint density at radius 1 is 1.19 bits per heavy atom. The summed E-state index contributed by atoms with van der Waals surface area (Å²) >= 11 is 0. The van der Waals surface area contributed by atoms with E-state index in [1.165, 1.54) is 24.3 Å². The summed E-state index contributed by atoms with van der Waals surface area (Å²) in [4.78, 5) is 12.3. The molecule has 7 heteroatoms. The van der Waals surface area contributed by atoms with Crippen molar-refractivity contribution in [3.05, 3.63) is 77.5 Å². The minimum absolute atomic E-state index is 0.0716. The van der Waals surface area contributed by atoms with Crippen molar-refractivity contribution >= 4 is 11.7 Å². The van der Waals surface area contributed by atoms with Gasteiger partial charge in [0, 0.05) is 17.8 Å². The third kappa shape index (κ3) is 4.66. The summed E-state index contributed by atoms with van der Waals surface area (Å²) in [6, 6.07) is 15.3. The number of carbonyl (C=O) groups excluding carboxylic acids is 1. The zero-order valence-corrected chi connectivity index (χ0v) is 14.0. The molecule has 0 unspecified atom stereocenters. The molecule has 0 aliphatic carbocycles. The summed E-state index contributed by atoms with van der Waals surface area (Å²) in [7, 11) is 0. The summed E-state index contributed by atoms with van der Waals surface area (Å²) < 4.78 is 30.6. The standard InChI is InChI=1S/C19H17F2N3O2/c1-13-4-2-5-14(10-13)12-24-9-8-17(23-24)22-18(25)15-6-3-7-16(11-15)26-19(20)21/h2-11,19H,12H2,1H3,(H,22,23,25). The first kappa shape index (κ1) is 17.6. The smallest absolute Gasteiger partial charge is 0.387 e. The van der Waals surface area contributed by atoms with Crippen LogP contribution < -0.4 is 10.1 Å². The zero-order chi connectivity index (χ0) is 18.5. The summed E-state index contributed by atoms with van der Waals surface area (Å²) in [6.45, 7) is -0.343. The van der Waals surface area contributed by atoms with E-state index in [1.54, 1.807) is 16.9 Å². The highest BCUT2D eigenvalue weighted by atomic mass is 19.3. The Bertz CT molecular complexity index is 909. The lowest BCUT2D eigenvalue weighted by Gasteiger charge is -2.07.